The first kappa shape index (κ1) is 11.6. The largest absolute Gasteiger partial charge is 0.439 e. The standard InChI is InChI=1S/C12H17NO2/c1-4-12(3,15-11(13)14)10-7-5-9(2)6-8-10/h5-8H,4H2,1-3H3,(H2,13,14). The van der Waals surface area contributed by atoms with Gasteiger partial charge in [0, 0.05) is 0 Å². The molecule has 0 aliphatic rings. The Hall–Kier alpha value is -1.51. The van der Waals surface area contributed by atoms with Crippen LogP contribution >= 0.6 is 0 Å². The zero-order valence-electron chi connectivity index (χ0n) is 9.41. The third-order valence-electron chi connectivity index (χ3n) is 2.66. The Morgan fingerprint density at radius 1 is 1.40 bits per heavy atom. The molecular formula is C12H17NO2. The molecule has 1 aromatic rings. The summed E-state index contributed by atoms with van der Waals surface area (Å²) >= 11 is 0. The smallest absolute Gasteiger partial charge is 0.405 e. The molecule has 1 aromatic carbocycles. The molecule has 0 aliphatic heterocycles. The van der Waals surface area contributed by atoms with E-state index < -0.39 is 11.7 Å². The van der Waals surface area contributed by atoms with Crippen LogP contribution in [-0.2, 0) is 10.3 Å². The lowest BCUT2D eigenvalue weighted by Gasteiger charge is -2.28. The van der Waals surface area contributed by atoms with Crippen LogP contribution in [0.5, 0.6) is 0 Å². The number of benzene rings is 1. The molecule has 3 nitrogen and oxygen atoms in total. The van der Waals surface area contributed by atoms with Crippen LogP contribution in [0.2, 0.25) is 0 Å². The van der Waals surface area contributed by atoms with Gasteiger partial charge in [-0.1, -0.05) is 36.8 Å². The van der Waals surface area contributed by atoms with E-state index >= 15 is 0 Å². The van der Waals surface area contributed by atoms with Gasteiger partial charge >= 0.3 is 6.09 Å². The number of rotatable bonds is 3. The van der Waals surface area contributed by atoms with Crippen molar-refractivity contribution in [3.63, 3.8) is 0 Å². The predicted molar refractivity (Wildman–Crippen MR) is 59.5 cm³/mol. The molecule has 0 aliphatic carbocycles. The fraction of sp³-hybridized carbons (Fsp3) is 0.417. The predicted octanol–water partition coefficient (Wildman–Crippen LogP) is 2.72. The molecule has 0 radical (unpaired) electrons. The van der Waals surface area contributed by atoms with Crippen LogP contribution in [0.15, 0.2) is 24.3 Å². The van der Waals surface area contributed by atoms with Crippen LogP contribution in [0, 0.1) is 6.92 Å². The maximum absolute atomic E-state index is 10.8. The van der Waals surface area contributed by atoms with Crippen molar-refractivity contribution >= 4 is 6.09 Å². The molecule has 1 atom stereocenters. The SMILES string of the molecule is CCC(C)(OC(N)=O)c1ccc(C)cc1. The Bertz CT molecular complexity index is 345. The number of hydrogen-bond acceptors (Lipinski definition) is 2. The van der Waals surface area contributed by atoms with Crippen molar-refractivity contribution < 1.29 is 9.53 Å². The second-order valence-corrected chi connectivity index (χ2v) is 3.87. The first-order chi connectivity index (χ1) is 6.98. The van der Waals surface area contributed by atoms with E-state index in [-0.39, 0.29) is 0 Å². The van der Waals surface area contributed by atoms with Crippen molar-refractivity contribution in [2.45, 2.75) is 32.8 Å². The average molecular weight is 207 g/mol. The molecule has 0 aromatic heterocycles. The van der Waals surface area contributed by atoms with E-state index in [1.54, 1.807) is 0 Å². The van der Waals surface area contributed by atoms with Crippen molar-refractivity contribution in [3.8, 4) is 0 Å². The minimum Gasteiger partial charge on any atom is -0.439 e. The molecule has 0 saturated carbocycles. The van der Waals surface area contributed by atoms with E-state index in [1.165, 1.54) is 5.56 Å². The maximum Gasteiger partial charge on any atom is 0.405 e. The van der Waals surface area contributed by atoms with Crippen molar-refractivity contribution in [3.05, 3.63) is 35.4 Å². The number of carbonyl (C=O) groups is 1. The second-order valence-electron chi connectivity index (χ2n) is 3.87. The molecule has 0 spiro atoms. The van der Waals surface area contributed by atoms with E-state index in [1.807, 2.05) is 45.0 Å². The van der Waals surface area contributed by atoms with Gasteiger partial charge in [-0.2, -0.15) is 0 Å². The average Bonchev–Trinajstić information content (AvgIpc) is 2.17. The highest BCUT2D eigenvalue weighted by Gasteiger charge is 2.27. The van der Waals surface area contributed by atoms with Crippen LogP contribution in [0.1, 0.15) is 31.4 Å². The van der Waals surface area contributed by atoms with Gasteiger partial charge in [-0.15, -0.1) is 0 Å². The van der Waals surface area contributed by atoms with Crippen molar-refractivity contribution in [2.75, 3.05) is 0 Å². The molecule has 1 amide bonds. The summed E-state index contributed by atoms with van der Waals surface area (Å²) in [6.45, 7) is 5.84. The Kier molecular flexibility index (Phi) is 3.35. The zero-order chi connectivity index (χ0) is 11.5. The Labute approximate surface area is 90.2 Å². The number of primary amides is 1. The summed E-state index contributed by atoms with van der Waals surface area (Å²) in [5.41, 5.74) is 6.58. The lowest BCUT2D eigenvalue weighted by molar-refractivity contribution is 0.0249. The number of amides is 1. The lowest BCUT2D eigenvalue weighted by atomic mass is 9.92. The van der Waals surface area contributed by atoms with Crippen molar-refractivity contribution in [1.82, 2.24) is 0 Å². The molecule has 1 unspecified atom stereocenters. The number of carbonyl (C=O) groups excluding carboxylic acids is 1. The molecule has 0 heterocycles. The summed E-state index contributed by atoms with van der Waals surface area (Å²) in [7, 11) is 0. The van der Waals surface area contributed by atoms with Gasteiger partial charge in [-0.05, 0) is 25.8 Å². The van der Waals surface area contributed by atoms with Gasteiger partial charge in [-0.3, -0.25) is 0 Å². The van der Waals surface area contributed by atoms with Gasteiger partial charge in [0.2, 0.25) is 0 Å². The number of aryl methyl sites for hydroxylation is 1. The van der Waals surface area contributed by atoms with E-state index in [0.29, 0.717) is 6.42 Å². The maximum atomic E-state index is 10.8. The summed E-state index contributed by atoms with van der Waals surface area (Å²) < 4.78 is 5.15. The van der Waals surface area contributed by atoms with E-state index in [2.05, 4.69) is 0 Å². The summed E-state index contributed by atoms with van der Waals surface area (Å²) in [4.78, 5) is 10.8. The van der Waals surface area contributed by atoms with Crippen LogP contribution in [0.25, 0.3) is 0 Å². The zero-order valence-corrected chi connectivity index (χ0v) is 9.41. The fourth-order valence-electron chi connectivity index (χ4n) is 1.46. The molecule has 0 saturated heterocycles. The quantitative estimate of drug-likeness (QED) is 0.828. The molecule has 0 bridgehead atoms. The normalized spacial score (nSPS) is 14.3. The molecule has 82 valence electrons. The van der Waals surface area contributed by atoms with Gasteiger partial charge in [0.15, 0.2) is 0 Å². The van der Waals surface area contributed by atoms with Gasteiger partial charge in [0.25, 0.3) is 0 Å². The lowest BCUT2D eigenvalue weighted by Crippen LogP contribution is -2.31. The van der Waals surface area contributed by atoms with Gasteiger partial charge < -0.3 is 10.5 Å². The Balaban J connectivity index is 3.00. The third kappa shape index (κ3) is 2.72. The van der Waals surface area contributed by atoms with Gasteiger partial charge in [0.1, 0.15) is 5.60 Å². The van der Waals surface area contributed by atoms with Crippen LogP contribution in [0.4, 0.5) is 4.79 Å². The van der Waals surface area contributed by atoms with E-state index in [4.69, 9.17) is 10.5 Å². The van der Waals surface area contributed by atoms with E-state index in [0.717, 1.165) is 5.56 Å². The summed E-state index contributed by atoms with van der Waals surface area (Å²) in [6.07, 6.45) is -0.0427. The Morgan fingerprint density at radius 3 is 2.33 bits per heavy atom. The van der Waals surface area contributed by atoms with Gasteiger partial charge in [-0.25, -0.2) is 4.79 Å². The molecule has 2 N–H and O–H groups in total. The molecule has 3 heteroatoms. The molecule has 15 heavy (non-hydrogen) atoms. The second kappa shape index (κ2) is 4.34. The van der Waals surface area contributed by atoms with Crippen LogP contribution in [-0.4, -0.2) is 6.09 Å². The third-order valence-corrected chi connectivity index (χ3v) is 2.66. The van der Waals surface area contributed by atoms with Gasteiger partial charge in [0.05, 0.1) is 0 Å². The Morgan fingerprint density at radius 2 is 1.93 bits per heavy atom. The minimum atomic E-state index is -0.736. The first-order valence-corrected chi connectivity index (χ1v) is 5.03. The fourth-order valence-corrected chi connectivity index (χ4v) is 1.46. The van der Waals surface area contributed by atoms with Crippen molar-refractivity contribution in [1.29, 1.82) is 0 Å². The monoisotopic (exact) mass is 207 g/mol. The summed E-state index contributed by atoms with van der Waals surface area (Å²) in [5, 5.41) is 0. The molecular weight excluding hydrogens is 190 g/mol. The highest BCUT2D eigenvalue weighted by Crippen LogP contribution is 2.28. The molecule has 0 fully saturated rings. The number of nitrogens with two attached hydrogens (primary N) is 1. The number of hydrogen-bond donors (Lipinski definition) is 1. The van der Waals surface area contributed by atoms with Crippen molar-refractivity contribution in [2.24, 2.45) is 5.73 Å². The van der Waals surface area contributed by atoms with Crippen LogP contribution < -0.4 is 5.73 Å². The molecule has 1 rings (SSSR count). The first-order valence-electron chi connectivity index (χ1n) is 5.03. The van der Waals surface area contributed by atoms with Crippen LogP contribution in [0.3, 0.4) is 0 Å². The summed E-state index contributed by atoms with van der Waals surface area (Å²) in [6, 6.07) is 7.91. The highest BCUT2D eigenvalue weighted by molar-refractivity contribution is 5.65. The topological polar surface area (TPSA) is 52.3 Å². The van der Waals surface area contributed by atoms with E-state index in [9.17, 15) is 4.79 Å². The highest BCUT2D eigenvalue weighted by atomic mass is 16.6. The minimum absolute atomic E-state index is 0.625. The number of ether oxygens (including phenoxy) is 1. The summed E-state index contributed by atoms with van der Waals surface area (Å²) in [5.74, 6) is 0.